The summed E-state index contributed by atoms with van der Waals surface area (Å²) in [7, 11) is 3.18. The summed E-state index contributed by atoms with van der Waals surface area (Å²) in [4.78, 5) is 19.9. The van der Waals surface area contributed by atoms with Gasteiger partial charge in [-0.2, -0.15) is 0 Å². The van der Waals surface area contributed by atoms with Crippen molar-refractivity contribution in [3.05, 3.63) is 58.1 Å². The number of non-ortho nitro benzene ring substituents is 1. The van der Waals surface area contributed by atoms with E-state index in [0.29, 0.717) is 11.4 Å². The van der Waals surface area contributed by atoms with Crippen LogP contribution in [0.15, 0.2) is 42.5 Å². The van der Waals surface area contributed by atoms with Gasteiger partial charge in [0, 0.05) is 18.2 Å². The highest BCUT2D eigenvalue weighted by Gasteiger charge is 2.09. The third-order valence-electron chi connectivity index (χ3n) is 2.74. The van der Waals surface area contributed by atoms with Crippen LogP contribution < -0.4 is 15.2 Å². The molecule has 0 fully saturated rings. The third kappa shape index (κ3) is 5.20. The maximum atomic E-state index is 10.4. The number of aromatic carboxylic acids is 1. The molecular formula is C15H16N2O6. The summed E-state index contributed by atoms with van der Waals surface area (Å²) >= 11 is 0. The van der Waals surface area contributed by atoms with Crippen molar-refractivity contribution in [2.24, 2.45) is 0 Å². The van der Waals surface area contributed by atoms with Gasteiger partial charge in [-0.05, 0) is 18.2 Å². The first-order valence-corrected chi connectivity index (χ1v) is 6.34. The van der Waals surface area contributed by atoms with Crippen molar-refractivity contribution < 1.29 is 24.3 Å². The fraction of sp³-hybridized carbons (Fsp3) is 0.133. The molecule has 3 N–H and O–H groups in total. The van der Waals surface area contributed by atoms with Gasteiger partial charge in [0.25, 0.3) is 5.69 Å². The number of methoxy groups -OCH3 is 2. The smallest absolute Gasteiger partial charge is 0.335 e. The number of nitrogens with zero attached hydrogens (tertiary/aromatic N) is 1. The fourth-order valence-electron chi connectivity index (χ4n) is 1.59. The Kier molecular flexibility index (Phi) is 6.35. The van der Waals surface area contributed by atoms with E-state index in [1.807, 2.05) is 0 Å². The lowest BCUT2D eigenvalue weighted by molar-refractivity contribution is -0.384. The van der Waals surface area contributed by atoms with Gasteiger partial charge in [-0.1, -0.05) is 6.07 Å². The first-order valence-electron chi connectivity index (χ1n) is 6.34. The molecule has 0 aromatic heterocycles. The van der Waals surface area contributed by atoms with Crippen molar-refractivity contribution in [2.45, 2.75) is 0 Å². The molecule has 0 atom stereocenters. The van der Waals surface area contributed by atoms with Crippen molar-refractivity contribution >= 4 is 17.3 Å². The van der Waals surface area contributed by atoms with Crippen molar-refractivity contribution in [2.75, 3.05) is 20.0 Å². The molecule has 0 spiro atoms. The molecule has 122 valence electrons. The van der Waals surface area contributed by atoms with Crippen molar-refractivity contribution in [1.29, 1.82) is 0 Å². The number of benzene rings is 2. The molecule has 0 radical (unpaired) electrons. The molecule has 0 aliphatic heterocycles. The fourth-order valence-corrected chi connectivity index (χ4v) is 1.59. The number of carboxylic acids is 1. The number of nitrogens with two attached hydrogens (primary N) is 1. The van der Waals surface area contributed by atoms with Gasteiger partial charge in [-0.3, -0.25) is 10.1 Å². The van der Waals surface area contributed by atoms with E-state index in [1.54, 1.807) is 32.4 Å². The molecule has 0 aliphatic carbocycles. The standard InChI is InChI=1S/C8H11NO2.C7H5NO4/c1-10-6-3-4-8(11-2)7(9)5-6;9-7(10)5-2-1-3-6(4-5)8(11)12/h3-5H,9H2,1-2H3;1-4H,(H,9,10). The minimum atomic E-state index is -1.17. The monoisotopic (exact) mass is 320 g/mol. The van der Waals surface area contributed by atoms with Crippen molar-refractivity contribution in [3.63, 3.8) is 0 Å². The van der Waals surface area contributed by atoms with Gasteiger partial charge in [-0.15, -0.1) is 0 Å². The van der Waals surface area contributed by atoms with Gasteiger partial charge < -0.3 is 20.3 Å². The van der Waals surface area contributed by atoms with E-state index < -0.39 is 10.9 Å². The number of carbonyl (C=O) groups is 1. The number of anilines is 1. The van der Waals surface area contributed by atoms with Crippen LogP contribution in [-0.2, 0) is 0 Å². The second-order valence-electron chi connectivity index (χ2n) is 4.22. The molecule has 0 bridgehead atoms. The van der Waals surface area contributed by atoms with E-state index in [4.69, 9.17) is 20.3 Å². The number of carboxylic acid groups (broad SMARTS) is 1. The number of hydrogen-bond donors (Lipinski definition) is 2. The van der Waals surface area contributed by atoms with Crippen LogP contribution in [-0.4, -0.2) is 30.2 Å². The molecule has 0 aliphatic rings. The zero-order valence-corrected chi connectivity index (χ0v) is 12.6. The Morgan fingerprint density at radius 3 is 2.35 bits per heavy atom. The van der Waals surface area contributed by atoms with E-state index in [-0.39, 0.29) is 11.3 Å². The molecule has 2 rings (SSSR count). The summed E-state index contributed by atoms with van der Waals surface area (Å²) in [5.74, 6) is 0.243. The van der Waals surface area contributed by atoms with Gasteiger partial charge in [0.2, 0.25) is 0 Å². The predicted octanol–water partition coefficient (Wildman–Crippen LogP) is 2.58. The molecule has 0 saturated heterocycles. The molecule has 23 heavy (non-hydrogen) atoms. The van der Waals surface area contributed by atoms with E-state index in [2.05, 4.69) is 0 Å². The van der Waals surface area contributed by atoms with Crippen LogP contribution >= 0.6 is 0 Å². The predicted molar refractivity (Wildman–Crippen MR) is 84.0 cm³/mol. The van der Waals surface area contributed by atoms with Gasteiger partial charge in [-0.25, -0.2) is 4.79 Å². The maximum Gasteiger partial charge on any atom is 0.335 e. The minimum absolute atomic E-state index is 0.0794. The summed E-state index contributed by atoms with van der Waals surface area (Å²) in [6.45, 7) is 0. The third-order valence-corrected chi connectivity index (χ3v) is 2.74. The molecule has 2 aromatic rings. The van der Waals surface area contributed by atoms with Crippen molar-refractivity contribution in [3.8, 4) is 11.5 Å². The highest BCUT2D eigenvalue weighted by molar-refractivity contribution is 5.88. The molecule has 8 heteroatoms. The largest absolute Gasteiger partial charge is 0.497 e. The normalized spacial score (nSPS) is 9.30. The Morgan fingerprint density at radius 1 is 1.17 bits per heavy atom. The average molecular weight is 320 g/mol. The number of hydrogen-bond acceptors (Lipinski definition) is 6. The molecular weight excluding hydrogens is 304 g/mol. The van der Waals surface area contributed by atoms with Gasteiger partial charge in [0.15, 0.2) is 0 Å². The summed E-state index contributed by atoms with van der Waals surface area (Å²) < 4.78 is 9.92. The highest BCUT2D eigenvalue weighted by atomic mass is 16.6. The van der Waals surface area contributed by atoms with E-state index >= 15 is 0 Å². The van der Waals surface area contributed by atoms with Crippen LogP contribution in [0.5, 0.6) is 11.5 Å². The van der Waals surface area contributed by atoms with Crippen molar-refractivity contribution in [1.82, 2.24) is 0 Å². The highest BCUT2D eigenvalue weighted by Crippen LogP contribution is 2.25. The van der Waals surface area contributed by atoms with Crippen LogP contribution in [0, 0.1) is 10.1 Å². The Bertz CT molecular complexity index is 673. The summed E-state index contributed by atoms with van der Waals surface area (Å²) in [6.07, 6.45) is 0. The van der Waals surface area contributed by atoms with Crippen LogP contribution in [0.4, 0.5) is 11.4 Å². The number of nitro groups is 1. The van der Waals surface area contributed by atoms with Gasteiger partial charge in [0.05, 0.1) is 30.4 Å². The lowest BCUT2D eigenvalue weighted by atomic mass is 10.2. The zero-order chi connectivity index (χ0) is 17.4. The topological polar surface area (TPSA) is 125 Å². The van der Waals surface area contributed by atoms with E-state index in [0.717, 1.165) is 11.8 Å². The van der Waals surface area contributed by atoms with E-state index in [1.165, 1.54) is 18.2 Å². The Balaban J connectivity index is 0.000000231. The maximum absolute atomic E-state index is 10.4. The van der Waals surface area contributed by atoms with E-state index in [9.17, 15) is 14.9 Å². The molecule has 0 heterocycles. The van der Waals surface area contributed by atoms with Crippen LogP contribution in [0.1, 0.15) is 10.4 Å². The van der Waals surface area contributed by atoms with Gasteiger partial charge >= 0.3 is 5.97 Å². The quantitative estimate of drug-likeness (QED) is 0.504. The molecule has 8 nitrogen and oxygen atoms in total. The average Bonchev–Trinajstić information content (AvgIpc) is 2.55. The Morgan fingerprint density at radius 2 is 1.87 bits per heavy atom. The minimum Gasteiger partial charge on any atom is -0.497 e. The zero-order valence-electron chi connectivity index (χ0n) is 12.6. The van der Waals surface area contributed by atoms with Crippen LogP contribution in [0.25, 0.3) is 0 Å². The Hall–Kier alpha value is -3.29. The van der Waals surface area contributed by atoms with Gasteiger partial charge in [0.1, 0.15) is 11.5 Å². The summed E-state index contributed by atoms with van der Waals surface area (Å²) in [5.41, 5.74) is 5.90. The number of nitro benzene ring substituents is 1. The second-order valence-corrected chi connectivity index (χ2v) is 4.22. The summed E-state index contributed by atoms with van der Waals surface area (Å²) in [6, 6.07) is 10.2. The Labute approximate surface area is 132 Å². The first kappa shape index (κ1) is 17.8. The van der Waals surface area contributed by atoms with Crippen LogP contribution in [0.3, 0.4) is 0 Å². The van der Waals surface area contributed by atoms with Crippen LogP contribution in [0.2, 0.25) is 0 Å². The first-order chi connectivity index (χ1) is 10.9. The molecule has 0 amide bonds. The number of ether oxygens (including phenoxy) is 2. The molecule has 2 aromatic carbocycles. The lowest BCUT2D eigenvalue weighted by Gasteiger charge is -2.05. The number of nitrogen functional groups attached to an aromatic ring is 1. The summed E-state index contributed by atoms with van der Waals surface area (Å²) in [5, 5.41) is 18.7. The number of rotatable bonds is 4. The molecule has 0 unspecified atom stereocenters. The SMILES string of the molecule is COc1ccc(OC)c(N)c1.O=C(O)c1cccc([N+](=O)[O-])c1. The second kappa shape index (κ2) is 8.23. The molecule has 0 saturated carbocycles. The lowest BCUT2D eigenvalue weighted by Crippen LogP contribution is -1.97.